The van der Waals surface area contributed by atoms with E-state index in [4.69, 9.17) is 0 Å². The Kier molecular flexibility index (Phi) is 3.91. The fourth-order valence-electron chi connectivity index (χ4n) is 1.59. The molecule has 0 aliphatic rings. The molecule has 2 amide bonds. The van der Waals surface area contributed by atoms with E-state index >= 15 is 0 Å². The Morgan fingerprint density at radius 1 is 1.17 bits per heavy atom. The molecule has 0 fully saturated rings. The van der Waals surface area contributed by atoms with E-state index in [1.54, 1.807) is 24.5 Å². The van der Waals surface area contributed by atoms with Crippen LogP contribution in [-0.2, 0) is 6.54 Å². The van der Waals surface area contributed by atoms with Gasteiger partial charge in [0.25, 0.3) is 0 Å². The molecule has 0 bridgehead atoms. The molecule has 1 aromatic heterocycles. The van der Waals surface area contributed by atoms with Crippen molar-refractivity contribution in [3.63, 3.8) is 0 Å². The summed E-state index contributed by atoms with van der Waals surface area (Å²) in [5.74, 6) is 0. The van der Waals surface area contributed by atoms with E-state index in [9.17, 15) is 4.79 Å². The number of rotatable bonds is 3. The Morgan fingerprint density at radius 3 is 2.61 bits per heavy atom. The minimum absolute atomic E-state index is 0.218. The predicted octanol–water partition coefficient (Wildman–Crippen LogP) is 2.71. The molecular weight excluding hydrogens is 226 g/mol. The van der Waals surface area contributed by atoms with Crippen LogP contribution in [0, 0.1) is 6.92 Å². The number of nitrogens with zero attached hydrogens (tertiary/aromatic N) is 1. The first-order valence-corrected chi connectivity index (χ1v) is 5.75. The Hall–Kier alpha value is -2.36. The topological polar surface area (TPSA) is 54.0 Å². The van der Waals surface area contributed by atoms with E-state index in [0.717, 1.165) is 11.3 Å². The molecule has 4 nitrogen and oxygen atoms in total. The molecule has 92 valence electrons. The minimum Gasteiger partial charge on any atom is -0.334 e. The first-order valence-electron chi connectivity index (χ1n) is 5.75. The van der Waals surface area contributed by atoms with E-state index in [-0.39, 0.29) is 6.03 Å². The van der Waals surface area contributed by atoms with Gasteiger partial charge in [-0.2, -0.15) is 0 Å². The number of aromatic nitrogens is 1. The molecule has 2 rings (SSSR count). The SMILES string of the molecule is Cc1ccccc1CNC(=O)Nc1ccncc1. The summed E-state index contributed by atoms with van der Waals surface area (Å²) in [5.41, 5.74) is 3.01. The monoisotopic (exact) mass is 241 g/mol. The number of carbonyl (C=O) groups is 1. The summed E-state index contributed by atoms with van der Waals surface area (Å²) in [5, 5.41) is 5.56. The third kappa shape index (κ3) is 3.31. The standard InChI is InChI=1S/C14H15N3O/c1-11-4-2-3-5-12(11)10-16-14(18)17-13-6-8-15-9-7-13/h2-9H,10H2,1H3,(H2,15,16,17,18). The summed E-state index contributed by atoms with van der Waals surface area (Å²) in [6, 6.07) is 11.2. The van der Waals surface area contributed by atoms with Gasteiger partial charge in [-0.3, -0.25) is 4.98 Å². The summed E-state index contributed by atoms with van der Waals surface area (Å²) in [6.45, 7) is 2.54. The highest BCUT2D eigenvalue weighted by Crippen LogP contribution is 2.07. The van der Waals surface area contributed by atoms with E-state index in [1.165, 1.54) is 5.56 Å². The Balaban J connectivity index is 1.88. The Labute approximate surface area is 106 Å². The number of benzene rings is 1. The average molecular weight is 241 g/mol. The van der Waals surface area contributed by atoms with Gasteiger partial charge in [0.15, 0.2) is 0 Å². The largest absolute Gasteiger partial charge is 0.334 e. The molecule has 0 radical (unpaired) electrons. The zero-order valence-corrected chi connectivity index (χ0v) is 10.2. The van der Waals surface area contributed by atoms with Gasteiger partial charge < -0.3 is 10.6 Å². The van der Waals surface area contributed by atoms with Crippen LogP contribution >= 0.6 is 0 Å². The number of pyridine rings is 1. The van der Waals surface area contributed by atoms with Crippen molar-refractivity contribution < 1.29 is 4.79 Å². The molecule has 0 aliphatic heterocycles. The summed E-state index contributed by atoms with van der Waals surface area (Å²) in [7, 11) is 0. The first kappa shape index (κ1) is 12.1. The van der Waals surface area contributed by atoms with Crippen molar-refractivity contribution in [1.82, 2.24) is 10.3 Å². The fraction of sp³-hybridized carbons (Fsp3) is 0.143. The van der Waals surface area contributed by atoms with Crippen LogP contribution in [0.4, 0.5) is 10.5 Å². The lowest BCUT2D eigenvalue weighted by atomic mass is 10.1. The number of hydrogen-bond acceptors (Lipinski definition) is 2. The zero-order chi connectivity index (χ0) is 12.8. The smallest absolute Gasteiger partial charge is 0.319 e. The van der Waals surface area contributed by atoms with Crippen molar-refractivity contribution in [1.29, 1.82) is 0 Å². The van der Waals surface area contributed by atoms with Gasteiger partial charge in [-0.25, -0.2) is 4.79 Å². The van der Waals surface area contributed by atoms with Crippen molar-refractivity contribution in [2.75, 3.05) is 5.32 Å². The van der Waals surface area contributed by atoms with Crippen molar-refractivity contribution in [2.45, 2.75) is 13.5 Å². The van der Waals surface area contributed by atoms with Crippen molar-refractivity contribution >= 4 is 11.7 Å². The van der Waals surface area contributed by atoms with E-state index in [1.807, 2.05) is 31.2 Å². The highest BCUT2D eigenvalue weighted by atomic mass is 16.2. The quantitative estimate of drug-likeness (QED) is 0.868. The lowest BCUT2D eigenvalue weighted by molar-refractivity contribution is 0.251. The lowest BCUT2D eigenvalue weighted by Gasteiger charge is -2.09. The van der Waals surface area contributed by atoms with Crippen LogP contribution in [0.2, 0.25) is 0 Å². The predicted molar refractivity (Wildman–Crippen MR) is 71.3 cm³/mol. The minimum atomic E-state index is -0.218. The third-order valence-electron chi connectivity index (χ3n) is 2.64. The highest BCUT2D eigenvalue weighted by Gasteiger charge is 2.02. The highest BCUT2D eigenvalue weighted by molar-refractivity contribution is 5.89. The number of anilines is 1. The maximum atomic E-state index is 11.7. The first-order chi connectivity index (χ1) is 8.75. The van der Waals surface area contributed by atoms with E-state index < -0.39 is 0 Å². The molecule has 0 aliphatic carbocycles. The van der Waals surface area contributed by atoms with Gasteiger partial charge in [0.05, 0.1) is 0 Å². The molecule has 0 unspecified atom stereocenters. The third-order valence-corrected chi connectivity index (χ3v) is 2.64. The summed E-state index contributed by atoms with van der Waals surface area (Å²) < 4.78 is 0. The lowest BCUT2D eigenvalue weighted by Crippen LogP contribution is -2.28. The van der Waals surface area contributed by atoms with Gasteiger partial charge in [0.2, 0.25) is 0 Å². The van der Waals surface area contributed by atoms with Crippen LogP contribution in [0.1, 0.15) is 11.1 Å². The summed E-state index contributed by atoms with van der Waals surface area (Å²) in [4.78, 5) is 15.5. The molecule has 2 N–H and O–H groups in total. The molecule has 18 heavy (non-hydrogen) atoms. The van der Waals surface area contributed by atoms with Gasteiger partial charge >= 0.3 is 6.03 Å². The van der Waals surface area contributed by atoms with Gasteiger partial charge in [0, 0.05) is 24.6 Å². The second kappa shape index (κ2) is 5.82. The fourth-order valence-corrected chi connectivity index (χ4v) is 1.59. The van der Waals surface area contributed by atoms with Crippen molar-refractivity contribution in [3.05, 3.63) is 59.9 Å². The van der Waals surface area contributed by atoms with Gasteiger partial charge in [-0.05, 0) is 30.2 Å². The average Bonchev–Trinajstić information content (AvgIpc) is 2.39. The summed E-state index contributed by atoms with van der Waals surface area (Å²) in [6.07, 6.45) is 3.27. The molecule has 1 aromatic carbocycles. The molecule has 2 aromatic rings. The van der Waals surface area contributed by atoms with E-state index in [2.05, 4.69) is 15.6 Å². The van der Waals surface area contributed by atoms with Crippen LogP contribution in [0.3, 0.4) is 0 Å². The maximum Gasteiger partial charge on any atom is 0.319 e. The normalized spacial score (nSPS) is 9.83. The molecule has 4 heteroatoms. The van der Waals surface area contributed by atoms with Crippen LogP contribution in [0.25, 0.3) is 0 Å². The second-order valence-corrected chi connectivity index (χ2v) is 3.97. The molecule has 0 atom stereocenters. The van der Waals surface area contributed by atoms with Crippen LogP contribution in [0.5, 0.6) is 0 Å². The number of nitrogens with one attached hydrogen (secondary N) is 2. The van der Waals surface area contributed by atoms with Gasteiger partial charge in [0.1, 0.15) is 0 Å². The Morgan fingerprint density at radius 2 is 1.89 bits per heavy atom. The summed E-state index contributed by atoms with van der Waals surface area (Å²) >= 11 is 0. The number of amides is 2. The van der Waals surface area contributed by atoms with Gasteiger partial charge in [-0.1, -0.05) is 24.3 Å². The second-order valence-electron chi connectivity index (χ2n) is 3.97. The van der Waals surface area contributed by atoms with Crippen LogP contribution in [0.15, 0.2) is 48.8 Å². The molecule has 1 heterocycles. The maximum absolute atomic E-state index is 11.7. The van der Waals surface area contributed by atoms with Gasteiger partial charge in [-0.15, -0.1) is 0 Å². The zero-order valence-electron chi connectivity index (χ0n) is 10.2. The molecule has 0 spiro atoms. The number of hydrogen-bond donors (Lipinski definition) is 2. The van der Waals surface area contributed by atoms with Crippen molar-refractivity contribution in [2.24, 2.45) is 0 Å². The molecule has 0 saturated heterocycles. The number of carbonyl (C=O) groups excluding carboxylic acids is 1. The Bertz CT molecular complexity index is 526. The van der Waals surface area contributed by atoms with E-state index in [0.29, 0.717) is 6.54 Å². The van der Waals surface area contributed by atoms with Crippen molar-refractivity contribution in [3.8, 4) is 0 Å². The van der Waals surface area contributed by atoms with Crippen LogP contribution < -0.4 is 10.6 Å². The number of aryl methyl sites for hydroxylation is 1. The molecular formula is C14H15N3O. The molecule has 0 saturated carbocycles. The van der Waals surface area contributed by atoms with Crippen LogP contribution in [-0.4, -0.2) is 11.0 Å². The number of urea groups is 1.